The maximum Gasteiger partial charge on any atom is 0.339 e. The molecular weight excluding hydrogens is 380 g/mol. The normalized spacial score (nSPS) is 23.7. The summed E-state index contributed by atoms with van der Waals surface area (Å²) >= 11 is 0. The van der Waals surface area contributed by atoms with Gasteiger partial charge in [0.1, 0.15) is 11.3 Å². The van der Waals surface area contributed by atoms with Crippen LogP contribution in [0.4, 0.5) is 5.69 Å². The number of carboxylic acids is 1. The van der Waals surface area contributed by atoms with Crippen molar-refractivity contribution in [3.63, 3.8) is 0 Å². The van der Waals surface area contributed by atoms with E-state index in [1.54, 1.807) is 0 Å². The van der Waals surface area contributed by atoms with Gasteiger partial charge in [0.05, 0.1) is 5.92 Å². The topological polar surface area (TPSA) is 98.7 Å². The number of carboxylic acid groups (broad SMARTS) is 1. The first-order valence-corrected chi connectivity index (χ1v) is 10.7. The predicted molar refractivity (Wildman–Crippen MR) is 115 cm³/mol. The first kappa shape index (κ1) is 20.4. The van der Waals surface area contributed by atoms with Crippen LogP contribution >= 0.6 is 0 Å². The number of hydrogen-bond donors (Lipinski definition) is 4. The minimum absolute atomic E-state index is 0.0956. The van der Waals surface area contributed by atoms with Crippen LogP contribution in [-0.4, -0.2) is 34.7 Å². The highest BCUT2D eigenvalue weighted by Crippen LogP contribution is 2.54. The summed E-state index contributed by atoms with van der Waals surface area (Å²) in [5.74, 6) is -1.42. The van der Waals surface area contributed by atoms with Gasteiger partial charge in [0.2, 0.25) is 5.91 Å². The molecule has 30 heavy (non-hydrogen) atoms. The van der Waals surface area contributed by atoms with Crippen molar-refractivity contribution in [3.8, 4) is 5.75 Å². The first-order chi connectivity index (χ1) is 14.5. The van der Waals surface area contributed by atoms with Crippen LogP contribution in [-0.2, 0) is 4.79 Å². The average Bonchev–Trinajstić information content (AvgIpc) is 3.48. The quantitative estimate of drug-likeness (QED) is 0.555. The molecule has 6 nitrogen and oxygen atoms in total. The van der Waals surface area contributed by atoms with E-state index in [4.69, 9.17) is 5.11 Å². The van der Waals surface area contributed by atoms with Crippen molar-refractivity contribution < 1.29 is 19.8 Å². The van der Waals surface area contributed by atoms with E-state index >= 15 is 0 Å². The van der Waals surface area contributed by atoms with Gasteiger partial charge < -0.3 is 20.8 Å². The Morgan fingerprint density at radius 1 is 1.00 bits per heavy atom. The van der Waals surface area contributed by atoms with Gasteiger partial charge in [-0.15, -0.1) is 0 Å². The summed E-state index contributed by atoms with van der Waals surface area (Å²) in [5.41, 5.74) is 1.38. The fourth-order valence-corrected chi connectivity index (χ4v) is 4.74. The van der Waals surface area contributed by atoms with Gasteiger partial charge in [-0.3, -0.25) is 4.79 Å². The fourth-order valence-electron chi connectivity index (χ4n) is 4.74. The second-order valence-electron chi connectivity index (χ2n) is 8.40. The molecule has 2 aromatic carbocycles. The summed E-state index contributed by atoms with van der Waals surface area (Å²) in [5, 5.41) is 25.5. The number of amides is 1. The van der Waals surface area contributed by atoms with Gasteiger partial charge in [-0.2, -0.15) is 0 Å². The monoisotopic (exact) mass is 408 g/mol. The van der Waals surface area contributed by atoms with E-state index in [0.29, 0.717) is 11.7 Å². The Morgan fingerprint density at radius 2 is 1.73 bits per heavy atom. The average molecular weight is 408 g/mol. The minimum atomic E-state index is -1.20. The predicted octanol–water partition coefficient (Wildman–Crippen LogP) is 3.98. The summed E-state index contributed by atoms with van der Waals surface area (Å²) in [6, 6.07) is 14.7. The molecular formula is C24H28N2O4. The summed E-state index contributed by atoms with van der Waals surface area (Å²) in [7, 11) is 0. The maximum absolute atomic E-state index is 13.0. The number of benzene rings is 2. The van der Waals surface area contributed by atoms with Gasteiger partial charge in [0.25, 0.3) is 0 Å². The SMILES string of the molecule is O=C(O)c1ccc(NC(=O)[C@@H]2[C@@H](CNC3CCCCC3)[C@@H]2c2ccccc2)cc1O. The van der Waals surface area contributed by atoms with Gasteiger partial charge in [0, 0.05) is 23.7 Å². The van der Waals surface area contributed by atoms with Crippen molar-refractivity contribution in [2.45, 2.75) is 44.1 Å². The third-order valence-electron chi connectivity index (χ3n) is 6.40. The molecule has 2 aliphatic rings. The highest BCUT2D eigenvalue weighted by Gasteiger charge is 2.55. The van der Waals surface area contributed by atoms with Crippen molar-refractivity contribution in [3.05, 3.63) is 59.7 Å². The lowest BCUT2D eigenvalue weighted by atomic mass is 9.95. The molecule has 0 aromatic heterocycles. The standard InChI is InChI=1S/C24H28N2O4/c27-20-13-17(11-12-18(20)24(29)30)26-23(28)22-19(14-25-16-9-5-2-6-10-16)21(22)15-7-3-1-4-8-15/h1,3-4,7-8,11-13,16,19,21-22,25,27H,2,5-6,9-10,14H2,(H,26,28)(H,29,30)/t19-,21-,22+/m0/s1. The van der Waals surface area contributed by atoms with Crippen LogP contribution in [0.3, 0.4) is 0 Å². The van der Waals surface area contributed by atoms with Crippen molar-refractivity contribution >= 4 is 17.6 Å². The number of nitrogens with one attached hydrogen (secondary N) is 2. The maximum atomic E-state index is 13.0. The zero-order valence-electron chi connectivity index (χ0n) is 16.9. The van der Waals surface area contributed by atoms with Crippen LogP contribution in [0, 0.1) is 11.8 Å². The Kier molecular flexibility index (Phi) is 6.04. The van der Waals surface area contributed by atoms with E-state index in [0.717, 1.165) is 12.1 Å². The lowest BCUT2D eigenvalue weighted by molar-refractivity contribution is -0.117. The number of rotatable bonds is 7. The number of phenols is 1. The molecule has 2 aromatic rings. The number of anilines is 1. The Balaban J connectivity index is 1.44. The first-order valence-electron chi connectivity index (χ1n) is 10.7. The van der Waals surface area contributed by atoms with Crippen LogP contribution in [0.1, 0.15) is 53.9 Å². The summed E-state index contributed by atoms with van der Waals surface area (Å²) in [6.45, 7) is 0.811. The van der Waals surface area contributed by atoms with E-state index in [-0.39, 0.29) is 35.0 Å². The number of carbonyl (C=O) groups is 2. The molecule has 0 heterocycles. The molecule has 2 aliphatic carbocycles. The summed E-state index contributed by atoms with van der Waals surface area (Å²) < 4.78 is 0. The van der Waals surface area contributed by atoms with Gasteiger partial charge in [-0.25, -0.2) is 4.79 Å². The number of hydrogen-bond acceptors (Lipinski definition) is 4. The van der Waals surface area contributed by atoms with Crippen LogP contribution in [0.2, 0.25) is 0 Å². The highest BCUT2D eigenvalue weighted by molar-refractivity contribution is 5.97. The Labute approximate surface area is 176 Å². The minimum Gasteiger partial charge on any atom is -0.507 e. The van der Waals surface area contributed by atoms with Gasteiger partial charge in [-0.1, -0.05) is 49.6 Å². The van der Waals surface area contributed by atoms with Crippen molar-refractivity contribution in [1.29, 1.82) is 0 Å². The molecule has 0 radical (unpaired) electrons. The summed E-state index contributed by atoms with van der Waals surface area (Å²) in [6.07, 6.45) is 6.25. The van der Waals surface area contributed by atoms with Crippen molar-refractivity contribution in [2.75, 3.05) is 11.9 Å². The molecule has 0 saturated heterocycles. The second kappa shape index (κ2) is 8.88. The Bertz CT molecular complexity index is 909. The van der Waals surface area contributed by atoms with Gasteiger partial charge in [-0.05, 0) is 43.0 Å². The smallest absolute Gasteiger partial charge is 0.339 e. The molecule has 0 aliphatic heterocycles. The number of aromatic hydroxyl groups is 1. The molecule has 2 fully saturated rings. The van der Waals surface area contributed by atoms with Crippen LogP contribution in [0.15, 0.2) is 48.5 Å². The van der Waals surface area contributed by atoms with Crippen LogP contribution in [0.5, 0.6) is 5.75 Å². The lowest BCUT2D eigenvalue weighted by Crippen LogP contribution is -2.33. The van der Waals surface area contributed by atoms with E-state index < -0.39 is 5.97 Å². The zero-order chi connectivity index (χ0) is 21.1. The molecule has 0 spiro atoms. The highest BCUT2D eigenvalue weighted by atomic mass is 16.4. The molecule has 0 bridgehead atoms. The molecule has 4 N–H and O–H groups in total. The number of carbonyl (C=O) groups excluding carboxylic acids is 1. The fraction of sp³-hybridized carbons (Fsp3) is 0.417. The number of aromatic carboxylic acids is 1. The van der Waals surface area contributed by atoms with Crippen molar-refractivity contribution in [2.24, 2.45) is 11.8 Å². The second-order valence-corrected chi connectivity index (χ2v) is 8.40. The van der Waals surface area contributed by atoms with E-state index in [2.05, 4.69) is 22.8 Å². The lowest BCUT2D eigenvalue weighted by Gasteiger charge is -2.23. The molecule has 6 heteroatoms. The third kappa shape index (κ3) is 4.49. The molecule has 2 saturated carbocycles. The van der Waals surface area contributed by atoms with E-state index in [9.17, 15) is 14.7 Å². The molecule has 3 atom stereocenters. The van der Waals surface area contributed by atoms with Crippen LogP contribution in [0.25, 0.3) is 0 Å². The molecule has 1 amide bonds. The largest absolute Gasteiger partial charge is 0.507 e. The third-order valence-corrected chi connectivity index (χ3v) is 6.40. The Morgan fingerprint density at radius 3 is 2.40 bits per heavy atom. The van der Waals surface area contributed by atoms with E-state index in [1.165, 1.54) is 50.3 Å². The Hall–Kier alpha value is -2.86. The van der Waals surface area contributed by atoms with Gasteiger partial charge >= 0.3 is 5.97 Å². The van der Waals surface area contributed by atoms with Gasteiger partial charge in [0.15, 0.2) is 0 Å². The van der Waals surface area contributed by atoms with Crippen molar-refractivity contribution in [1.82, 2.24) is 5.32 Å². The van der Waals surface area contributed by atoms with E-state index in [1.807, 2.05) is 18.2 Å². The molecule has 0 unspecified atom stereocenters. The zero-order valence-corrected chi connectivity index (χ0v) is 16.9. The summed E-state index contributed by atoms with van der Waals surface area (Å²) in [4.78, 5) is 24.1. The van der Waals surface area contributed by atoms with Crippen LogP contribution < -0.4 is 10.6 Å². The molecule has 158 valence electrons. The molecule has 4 rings (SSSR count).